The van der Waals surface area contributed by atoms with E-state index in [-0.39, 0.29) is 5.78 Å². The van der Waals surface area contributed by atoms with Gasteiger partial charge in [-0.25, -0.2) is 0 Å². The zero-order valence-electron chi connectivity index (χ0n) is 17.1. The van der Waals surface area contributed by atoms with Gasteiger partial charge in [0.1, 0.15) is 6.54 Å². The van der Waals surface area contributed by atoms with Gasteiger partial charge in [0, 0.05) is 28.3 Å². The summed E-state index contributed by atoms with van der Waals surface area (Å²) in [6.45, 7) is 2.84. The number of thiophene rings is 1. The molecule has 4 rings (SSSR count). The van der Waals surface area contributed by atoms with Crippen LogP contribution in [0.5, 0.6) is 11.5 Å². The Morgan fingerprint density at radius 3 is 2.45 bits per heavy atom. The molecular formula is C24H26NO3S+. The van der Waals surface area contributed by atoms with Crippen LogP contribution in [0.25, 0.3) is 10.1 Å². The average Bonchev–Trinajstić information content (AvgIpc) is 3.16. The topological polar surface area (TPSA) is 35.5 Å². The molecule has 2 heterocycles. The van der Waals surface area contributed by atoms with Crippen molar-refractivity contribution < 1.29 is 18.8 Å². The van der Waals surface area contributed by atoms with E-state index in [9.17, 15) is 4.79 Å². The van der Waals surface area contributed by atoms with Gasteiger partial charge in [0.15, 0.2) is 17.3 Å². The third-order valence-electron chi connectivity index (χ3n) is 5.64. The van der Waals surface area contributed by atoms with Crippen molar-refractivity contribution in [2.24, 2.45) is 0 Å². The van der Waals surface area contributed by atoms with E-state index in [2.05, 4.69) is 37.4 Å². The first-order valence-corrected chi connectivity index (χ1v) is 10.6. The Morgan fingerprint density at radius 1 is 1.07 bits per heavy atom. The Kier molecular flexibility index (Phi) is 5.43. The van der Waals surface area contributed by atoms with Crippen molar-refractivity contribution in [3.8, 4) is 11.5 Å². The summed E-state index contributed by atoms with van der Waals surface area (Å²) < 4.78 is 12.7. The molecule has 5 heteroatoms. The SMILES string of the molecule is COc1cc2cc(C(=O)C3=CC[N+](C)(Cc4ccccc4)CC3)sc2cc1OC. The summed E-state index contributed by atoms with van der Waals surface area (Å²) in [6.07, 6.45) is 2.95. The van der Waals surface area contributed by atoms with Crippen molar-refractivity contribution in [3.05, 3.63) is 70.6 Å². The highest BCUT2D eigenvalue weighted by atomic mass is 32.1. The molecule has 4 nitrogen and oxygen atoms in total. The van der Waals surface area contributed by atoms with Gasteiger partial charge in [-0.1, -0.05) is 30.3 Å². The molecule has 0 amide bonds. The minimum absolute atomic E-state index is 0.148. The molecule has 1 atom stereocenters. The Bertz CT molecular complexity index is 1030. The maximum atomic E-state index is 13.1. The van der Waals surface area contributed by atoms with Crippen LogP contribution < -0.4 is 9.47 Å². The highest BCUT2D eigenvalue weighted by Gasteiger charge is 2.28. The molecule has 0 aliphatic carbocycles. The normalized spacial score (nSPS) is 19.1. The molecule has 1 aliphatic heterocycles. The van der Waals surface area contributed by atoms with Crippen molar-refractivity contribution >= 4 is 27.2 Å². The van der Waals surface area contributed by atoms with Gasteiger partial charge < -0.3 is 14.0 Å². The molecule has 0 saturated carbocycles. The maximum absolute atomic E-state index is 13.1. The molecular weight excluding hydrogens is 382 g/mol. The van der Waals surface area contributed by atoms with Crippen LogP contribution >= 0.6 is 11.3 Å². The summed E-state index contributed by atoms with van der Waals surface area (Å²) in [7, 11) is 5.52. The number of ketones is 1. The Balaban J connectivity index is 1.53. The standard InChI is InChI=1S/C24H26NO3S/c1-25(16-17-7-5-4-6-8-17)11-9-18(10-12-25)24(26)23-14-19-13-20(27-2)21(28-3)15-22(19)29-23/h4-9,13-15H,10-12,16H2,1-3H3/q+1. The van der Waals surface area contributed by atoms with Crippen LogP contribution in [0.3, 0.4) is 0 Å². The number of rotatable bonds is 6. The number of hydrogen-bond donors (Lipinski definition) is 0. The minimum Gasteiger partial charge on any atom is -0.493 e. The molecule has 0 saturated heterocycles. The Labute approximate surface area is 175 Å². The van der Waals surface area contributed by atoms with Gasteiger partial charge in [-0.3, -0.25) is 4.79 Å². The van der Waals surface area contributed by atoms with Crippen molar-refractivity contribution in [3.63, 3.8) is 0 Å². The first-order valence-electron chi connectivity index (χ1n) is 9.78. The van der Waals surface area contributed by atoms with Crippen LogP contribution in [0.4, 0.5) is 0 Å². The quantitative estimate of drug-likeness (QED) is 0.422. The van der Waals surface area contributed by atoms with Gasteiger partial charge in [-0.05, 0) is 23.6 Å². The lowest BCUT2D eigenvalue weighted by atomic mass is 10.00. The predicted molar refractivity (Wildman–Crippen MR) is 118 cm³/mol. The molecule has 0 radical (unpaired) electrons. The number of benzene rings is 2. The molecule has 1 aromatic heterocycles. The predicted octanol–water partition coefficient (Wildman–Crippen LogP) is 5.08. The van der Waals surface area contributed by atoms with Crippen LogP contribution in [0.2, 0.25) is 0 Å². The number of methoxy groups -OCH3 is 2. The zero-order chi connectivity index (χ0) is 20.4. The number of carbonyl (C=O) groups excluding carboxylic acids is 1. The molecule has 29 heavy (non-hydrogen) atoms. The Morgan fingerprint density at radius 2 is 1.79 bits per heavy atom. The fourth-order valence-corrected chi connectivity index (χ4v) is 4.97. The molecule has 0 N–H and O–H groups in total. The van der Waals surface area contributed by atoms with Gasteiger partial charge in [-0.2, -0.15) is 0 Å². The molecule has 2 aromatic carbocycles. The molecule has 3 aromatic rings. The third kappa shape index (κ3) is 4.07. The van der Waals surface area contributed by atoms with E-state index in [1.807, 2.05) is 24.3 Å². The number of hydrogen-bond acceptors (Lipinski definition) is 4. The number of likely N-dealkylation sites (N-methyl/N-ethyl adjacent to an activating group) is 1. The summed E-state index contributed by atoms with van der Waals surface area (Å²) >= 11 is 1.52. The van der Waals surface area contributed by atoms with E-state index >= 15 is 0 Å². The van der Waals surface area contributed by atoms with E-state index in [4.69, 9.17) is 9.47 Å². The largest absolute Gasteiger partial charge is 0.493 e. The number of Topliss-reactive ketones (excluding diaryl/α,β-unsaturated/α-hetero) is 1. The first kappa shape index (κ1) is 19.7. The molecule has 1 unspecified atom stereocenters. The summed E-state index contributed by atoms with van der Waals surface area (Å²) in [4.78, 5) is 13.9. The number of ether oxygens (including phenoxy) is 2. The number of nitrogens with zero attached hydrogens (tertiary/aromatic N) is 1. The summed E-state index contributed by atoms with van der Waals surface area (Å²) in [5.41, 5.74) is 2.27. The molecule has 0 fully saturated rings. The third-order valence-corrected chi connectivity index (χ3v) is 6.74. The number of carbonyl (C=O) groups is 1. The highest BCUT2D eigenvalue weighted by Crippen LogP contribution is 2.37. The average molecular weight is 409 g/mol. The highest BCUT2D eigenvalue weighted by molar-refractivity contribution is 7.21. The lowest BCUT2D eigenvalue weighted by Gasteiger charge is -2.36. The summed E-state index contributed by atoms with van der Waals surface area (Å²) in [6, 6.07) is 16.4. The Hall–Kier alpha value is -2.63. The van der Waals surface area contributed by atoms with Crippen LogP contribution in [0, 0.1) is 0 Å². The monoisotopic (exact) mass is 408 g/mol. The van der Waals surface area contributed by atoms with Crippen molar-refractivity contribution in [2.45, 2.75) is 13.0 Å². The van der Waals surface area contributed by atoms with E-state index in [1.54, 1.807) is 14.2 Å². The minimum atomic E-state index is 0.148. The maximum Gasteiger partial charge on any atom is 0.199 e. The fraction of sp³-hybridized carbons (Fsp3) is 0.292. The molecule has 0 spiro atoms. The second kappa shape index (κ2) is 8.01. The lowest BCUT2D eigenvalue weighted by molar-refractivity contribution is -0.918. The molecule has 1 aliphatic rings. The van der Waals surface area contributed by atoms with Crippen LogP contribution in [-0.4, -0.2) is 44.6 Å². The van der Waals surface area contributed by atoms with Gasteiger partial charge in [0.05, 0.1) is 39.2 Å². The van der Waals surface area contributed by atoms with E-state index in [0.29, 0.717) is 11.5 Å². The van der Waals surface area contributed by atoms with Crippen LogP contribution in [-0.2, 0) is 6.54 Å². The van der Waals surface area contributed by atoms with Gasteiger partial charge in [0.25, 0.3) is 0 Å². The number of quaternary nitrogens is 1. The van der Waals surface area contributed by atoms with Gasteiger partial charge in [-0.15, -0.1) is 11.3 Å². The zero-order valence-corrected chi connectivity index (χ0v) is 17.9. The molecule has 150 valence electrons. The van der Waals surface area contributed by atoms with Crippen molar-refractivity contribution in [1.82, 2.24) is 0 Å². The molecule has 0 bridgehead atoms. The first-order chi connectivity index (χ1) is 14.0. The van der Waals surface area contributed by atoms with Crippen LogP contribution in [0.1, 0.15) is 21.7 Å². The second-order valence-electron chi connectivity index (χ2n) is 7.83. The smallest absolute Gasteiger partial charge is 0.199 e. The summed E-state index contributed by atoms with van der Waals surface area (Å²) in [5, 5.41) is 1.01. The van der Waals surface area contributed by atoms with E-state index in [0.717, 1.165) is 51.1 Å². The van der Waals surface area contributed by atoms with Gasteiger partial charge in [0.2, 0.25) is 0 Å². The van der Waals surface area contributed by atoms with Crippen molar-refractivity contribution in [1.29, 1.82) is 0 Å². The second-order valence-corrected chi connectivity index (χ2v) is 8.92. The lowest BCUT2D eigenvalue weighted by Crippen LogP contribution is -2.46. The summed E-state index contributed by atoms with van der Waals surface area (Å²) in [5.74, 6) is 1.52. The number of fused-ring (bicyclic) bond motifs is 1. The van der Waals surface area contributed by atoms with Gasteiger partial charge >= 0.3 is 0 Å². The van der Waals surface area contributed by atoms with E-state index < -0.39 is 0 Å². The van der Waals surface area contributed by atoms with E-state index in [1.165, 1.54) is 16.9 Å². The van der Waals surface area contributed by atoms with Crippen LogP contribution in [0.15, 0.2) is 60.2 Å². The van der Waals surface area contributed by atoms with Crippen molar-refractivity contribution in [2.75, 3.05) is 34.4 Å². The fourth-order valence-electron chi connectivity index (χ4n) is 3.92.